The van der Waals surface area contributed by atoms with E-state index in [1.54, 1.807) is 0 Å². The fourth-order valence-electron chi connectivity index (χ4n) is 9.57. The molecule has 1 atom stereocenters. The standard InChI is InChI=1S/C29H35NO4.C25H27NO4.C22H29NO4/c1-5-21(2)26-19-24(12-14-28(26)34-20-29(31)32)23-11-13-27(33-16-15-30(3)4)25(18-23)17-22-9-7-6-8-10-22;1-26(2)14-15-29-22-10-8-20(9-11-22)24-13-12-23(30-18-25(27)28)17-21(24)16-19-6-4-3-5-7-19;1-22(2,3)19-14-17(8-11-20(19)27-15-21(24)25)16-6-9-18(10-7-16)26-13-12-23(4)5/h6-14,18-19,21H,5,15-17,20H2,1-4H3,(H,31,32);3-13,17H,14-16,18H2,1-2H3,(H,27,28);6-11,14H,12-13,15H2,1-5H3,(H,24,25). The Hall–Kier alpha value is -9.15. The van der Waals surface area contributed by atoms with Crippen LogP contribution in [-0.4, -0.2) is 149 Å². The molecule has 0 aliphatic rings. The highest BCUT2D eigenvalue weighted by atomic mass is 16.5. The van der Waals surface area contributed by atoms with Crippen LogP contribution in [0.4, 0.5) is 0 Å². The number of benzene rings is 8. The van der Waals surface area contributed by atoms with Crippen LogP contribution in [-0.2, 0) is 32.6 Å². The van der Waals surface area contributed by atoms with E-state index in [9.17, 15) is 14.4 Å². The minimum absolute atomic E-state index is 0.168. The average molecular weight is 1240 g/mol. The van der Waals surface area contributed by atoms with Crippen molar-refractivity contribution in [3.05, 3.63) is 215 Å². The van der Waals surface area contributed by atoms with E-state index in [4.69, 9.17) is 43.7 Å². The molecule has 1 unspecified atom stereocenters. The lowest BCUT2D eigenvalue weighted by molar-refractivity contribution is -0.140. The third-order valence-corrected chi connectivity index (χ3v) is 14.7. The zero-order chi connectivity index (χ0) is 65.9. The number of hydrogen-bond acceptors (Lipinski definition) is 12. The molecule has 0 aliphatic carbocycles. The maximum Gasteiger partial charge on any atom is 0.341 e. The Balaban J connectivity index is 0.000000219. The Labute approximate surface area is 538 Å². The Kier molecular flexibility index (Phi) is 28.0. The summed E-state index contributed by atoms with van der Waals surface area (Å²) in [6.07, 6.45) is 2.44. The van der Waals surface area contributed by atoms with Gasteiger partial charge in [0.1, 0.15) is 54.3 Å². The molecule has 0 saturated heterocycles. The molecule has 3 N–H and O–H groups in total. The third kappa shape index (κ3) is 24.3. The Morgan fingerprint density at radius 2 is 0.835 bits per heavy atom. The van der Waals surface area contributed by atoms with Gasteiger partial charge >= 0.3 is 17.9 Å². The number of nitrogens with zero attached hydrogens (tertiary/aromatic N) is 3. The van der Waals surface area contributed by atoms with Gasteiger partial charge in [-0.3, -0.25) is 0 Å². The Morgan fingerprint density at radius 3 is 1.33 bits per heavy atom. The highest BCUT2D eigenvalue weighted by Crippen LogP contribution is 2.38. The molecule has 0 aromatic heterocycles. The van der Waals surface area contributed by atoms with Crippen LogP contribution in [0.2, 0.25) is 0 Å². The molecular weight excluding hydrogens is 1150 g/mol. The quantitative estimate of drug-likeness (QED) is 0.0387. The monoisotopic (exact) mass is 1240 g/mol. The molecular formula is C76H91N3O12. The molecule has 15 heteroatoms. The summed E-state index contributed by atoms with van der Waals surface area (Å²) >= 11 is 0. The van der Waals surface area contributed by atoms with Gasteiger partial charge in [-0.05, 0) is 200 Å². The van der Waals surface area contributed by atoms with E-state index in [2.05, 4.69) is 116 Å². The van der Waals surface area contributed by atoms with Crippen molar-refractivity contribution in [2.24, 2.45) is 0 Å². The molecule has 0 fully saturated rings. The molecule has 0 amide bonds. The fraction of sp³-hybridized carbons (Fsp3) is 0.329. The number of rotatable bonds is 30. The van der Waals surface area contributed by atoms with Crippen LogP contribution in [0, 0.1) is 0 Å². The van der Waals surface area contributed by atoms with E-state index in [0.29, 0.717) is 37.1 Å². The zero-order valence-electron chi connectivity index (χ0n) is 54.7. The summed E-state index contributed by atoms with van der Waals surface area (Å²) in [7, 11) is 12.1. The molecule has 482 valence electrons. The lowest BCUT2D eigenvalue weighted by Crippen LogP contribution is -2.19. The summed E-state index contributed by atoms with van der Waals surface area (Å²) in [5.74, 6) is 1.68. The van der Waals surface area contributed by atoms with E-state index >= 15 is 0 Å². The van der Waals surface area contributed by atoms with Crippen molar-refractivity contribution in [3.63, 3.8) is 0 Å². The van der Waals surface area contributed by atoms with Gasteiger partial charge in [0.05, 0.1) is 0 Å². The first kappa shape index (κ1) is 70.9. The molecule has 91 heavy (non-hydrogen) atoms. The molecule has 0 spiro atoms. The van der Waals surface area contributed by atoms with Crippen LogP contribution in [0.15, 0.2) is 182 Å². The van der Waals surface area contributed by atoms with Gasteiger partial charge in [-0.25, -0.2) is 14.4 Å². The number of carboxylic acids is 3. The van der Waals surface area contributed by atoms with Crippen molar-refractivity contribution in [3.8, 4) is 67.9 Å². The minimum atomic E-state index is -0.992. The molecule has 15 nitrogen and oxygen atoms in total. The van der Waals surface area contributed by atoms with Crippen molar-refractivity contribution < 1.29 is 58.1 Å². The first-order valence-electron chi connectivity index (χ1n) is 30.7. The van der Waals surface area contributed by atoms with Gasteiger partial charge in [-0.1, -0.05) is 144 Å². The smallest absolute Gasteiger partial charge is 0.341 e. The molecule has 8 rings (SSSR count). The van der Waals surface area contributed by atoms with Crippen molar-refractivity contribution in [2.45, 2.75) is 65.2 Å². The number of likely N-dealkylation sites (N-methyl/N-ethyl adjacent to an activating group) is 3. The number of ether oxygens (including phenoxy) is 6. The highest BCUT2D eigenvalue weighted by molar-refractivity contribution is 5.73. The molecule has 0 aliphatic heterocycles. The van der Waals surface area contributed by atoms with Crippen molar-refractivity contribution >= 4 is 17.9 Å². The average Bonchev–Trinajstić information content (AvgIpc) is 1.19. The van der Waals surface area contributed by atoms with E-state index in [-0.39, 0.29) is 31.2 Å². The van der Waals surface area contributed by atoms with Gasteiger partial charge in [0, 0.05) is 31.6 Å². The Bertz CT molecular complexity index is 3530. The van der Waals surface area contributed by atoms with Gasteiger partial charge < -0.3 is 58.4 Å². The molecule has 0 saturated carbocycles. The van der Waals surface area contributed by atoms with E-state index < -0.39 is 17.9 Å². The van der Waals surface area contributed by atoms with Crippen LogP contribution in [0.1, 0.15) is 80.3 Å². The predicted octanol–water partition coefficient (Wildman–Crippen LogP) is 14.3. The van der Waals surface area contributed by atoms with Crippen LogP contribution >= 0.6 is 0 Å². The maximum atomic E-state index is 11.0. The topological polar surface area (TPSA) is 177 Å². The largest absolute Gasteiger partial charge is 0.492 e. The molecule has 0 heterocycles. The first-order chi connectivity index (χ1) is 43.5. The Morgan fingerprint density at radius 1 is 0.418 bits per heavy atom. The van der Waals surface area contributed by atoms with Gasteiger partial charge in [0.25, 0.3) is 0 Å². The van der Waals surface area contributed by atoms with Crippen LogP contribution < -0.4 is 28.4 Å². The van der Waals surface area contributed by atoms with Crippen molar-refractivity contribution in [1.29, 1.82) is 0 Å². The van der Waals surface area contributed by atoms with Crippen LogP contribution in [0.5, 0.6) is 34.5 Å². The van der Waals surface area contributed by atoms with Gasteiger partial charge in [-0.15, -0.1) is 0 Å². The number of carboxylic acid groups (broad SMARTS) is 3. The van der Waals surface area contributed by atoms with E-state index in [1.807, 2.05) is 158 Å². The van der Waals surface area contributed by atoms with Gasteiger partial charge in [-0.2, -0.15) is 0 Å². The van der Waals surface area contributed by atoms with E-state index in [1.165, 1.54) is 11.1 Å². The predicted molar refractivity (Wildman–Crippen MR) is 363 cm³/mol. The van der Waals surface area contributed by atoms with Gasteiger partial charge in [0.15, 0.2) is 19.8 Å². The highest BCUT2D eigenvalue weighted by Gasteiger charge is 2.21. The summed E-state index contributed by atoms with van der Waals surface area (Å²) in [4.78, 5) is 38.9. The number of hydrogen-bond donors (Lipinski definition) is 3. The minimum Gasteiger partial charge on any atom is -0.492 e. The lowest BCUT2D eigenvalue weighted by Gasteiger charge is -2.23. The van der Waals surface area contributed by atoms with Crippen molar-refractivity contribution in [1.82, 2.24) is 14.7 Å². The molecule has 0 radical (unpaired) electrons. The summed E-state index contributed by atoms with van der Waals surface area (Å²) in [6, 6.07) is 60.6. The second kappa shape index (κ2) is 35.9. The fourth-order valence-corrected chi connectivity index (χ4v) is 9.57. The van der Waals surface area contributed by atoms with Crippen molar-refractivity contribution in [2.75, 3.05) is 102 Å². The summed E-state index contributed by atoms with van der Waals surface area (Å²) in [5, 5.41) is 26.8. The molecule has 8 aromatic carbocycles. The second-order valence-electron chi connectivity index (χ2n) is 24.0. The molecule has 0 bridgehead atoms. The van der Waals surface area contributed by atoms with Crippen LogP contribution in [0.25, 0.3) is 33.4 Å². The molecule has 8 aromatic rings. The maximum absolute atomic E-state index is 11.0. The second-order valence-corrected chi connectivity index (χ2v) is 24.0. The third-order valence-electron chi connectivity index (χ3n) is 14.7. The SMILES string of the molecule is CCC(C)c1cc(-c2ccc(OCCN(C)C)c(Cc3ccccc3)c2)ccc1OCC(=O)O.CN(C)CCOc1ccc(-c2ccc(OCC(=O)O)c(C(C)(C)C)c2)cc1.CN(C)CCOc1ccc(-c2ccc(OCC(=O)O)cc2Cc2ccccc2)cc1. The number of carbonyl (C=O) groups is 3. The normalized spacial score (nSPS) is 11.4. The number of aliphatic carboxylic acids is 3. The zero-order valence-corrected chi connectivity index (χ0v) is 54.7. The van der Waals surface area contributed by atoms with E-state index in [0.717, 1.165) is 112 Å². The van der Waals surface area contributed by atoms with Gasteiger partial charge in [0.2, 0.25) is 0 Å². The lowest BCUT2D eigenvalue weighted by atomic mass is 9.84. The first-order valence-corrected chi connectivity index (χ1v) is 30.7. The summed E-state index contributed by atoms with van der Waals surface area (Å²) in [6.45, 7) is 14.0. The summed E-state index contributed by atoms with van der Waals surface area (Å²) < 4.78 is 34.1. The van der Waals surface area contributed by atoms with Crippen LogP contribution in [0.3, 0.4) is 0 Å². The summed E-state index contributed by atoms with van der Waals surface area (Å²) in [5.41, 5.74) is 12.9.